The van der Waals surface area contributed by atoms with E-state index >= 15 is 0 Å². The van der Waals surface area contributed by atoms with Crippen LogP contribution in [0.1, 0.15) is 19.4 Å². The molecule has 0 aromatic heterocycles. The van der Waals surface area contributed by atoms with Gasteiger partial charge in [0.1, 0.15) is 0 Å². The third-order valence-electron chi connectivity index (χ3n) is 9.63. The van der Waals surface area contributed by atoms with Crippen LogP contribution in [0.2, 0.25) is 0 Å². The van der Waals surface area contributed by atoms with E-state index in [1.54, 1.807) is 0 Å². The Kier molecular flexibility index (Phi) is 9.61. The van der Waals surface area contributed by atoms with Crippen molar-refractivity contribution >= 4 is 17.1 Å². The predicted octanol–water partition coefficient (Wildman–Crippen LogP) is 10.9. The standard InChI is InChI=1S/C45H38N4O.Pt/c1-45(2)42-23-11-12-24-43(42)49(32-47(45)4)37-27-35(28-39(30-37)50-38-20-13-19-36(29-38)48-26-25-46(3)31-48)44-40(33-15-7-5-8-16-33)21-14-22-41(44)34-17-9-6-10-18-34;/h5-28,31-32H,1-4H3;/q-4;+4. The molecule has 5 nitrogen and oxygen atoms in total. The number of rotatable bonds is 7. The molecule has 0 saturated carbocycles. The normalized spacial score (nSPS) is 15.0. The summed E-state index contributed by atoms with van der Waals surface area (Å²) in [6.07, 6.45) is 4.01. The summed E-state index contributed by atoms with van der Waals surface area (Å²) in [6.45, 7) is 8.68. The van der Waals surface area contributed by atoms with Crippen molar-refractivity contribution in [1.29, 1.82) is 0 Å². The first-order chi connectivity index (χ1) is 24.3. The van der Waals surface area contributed by atoms with Gasteiger partial charge < -0.3 is 24.3 Å². The maximum atomic E-state index is 6.70. The molecule has 0 N–H and O–H groups in total. The number of para-hydroxylation sites is 1. The van der Waals surface area contributed by atoms with Crippen molar-refractivity contribution in [2.24, 2.45) is 0 Å². The monoisotopic (exact) mass is 845 g/mol. The molecular weight excluding hydrogens is 808 g/mol. The van der Waals surface area contributed by atoms with Gasteiger partial charge in [0.15, 0.2) is 0 Å². The van der Waals surface area contributed by atoms with Crippen molar-refractivity contribution < 1.29 is 25.8 Å². The smallest absolute Gasteiger partial charge is 0.510 e. The minimum absolute atomic E-state index is 0. The number of hydrogen-bond donors (Lipinski definition) is 0. The summed E-state index contributed by atoms with van der Waals surface area (Å²) in [5, 5.41) is 0. The Bertz CT molecular complexity index is 2120. The third-order valence-corrected chi connectivity index (χ3v) is 9.63. The van der Waals surface area contributed by atoms with E-state index in [4.69, 9.17) is 4.74 Å². The second-order valence-electron chi connectivity index (χ2n) is 13.2. The number of benzene rings is 6. The third kappa shape index (κ3) is 6.72. The Morgan fingerprint density at radius 3 is 1.88 bits per heavy atom. The number of ether oxygens (including phenoxy) is 1. The van der Waals surface area contributed by atoms with Crippen molar-refractivity contribution in [3.05, 3.63) is 177 Å². The van der Waals surface area contributed by atoms with Crippen LogP contribution in [0.25, 0.3) is 33.4 Å². The molecule has 0 radical (unpaired) electrons. The van der Waals surface area contributed by atoms with E-state index in [-0.39, 0.29) is 26.6 Å². The topological polar surface area (TPSA) is 22.2 Å². The zero-order chi connectivity index (χ0) is 34.2. The Hall–Kier alpha value is -5.09. The van der Waals surface area contributed by atoms with Crippen LogP contribution in [-0.2, 0) is 26.6 Å². The van der Waals surface area contributed by atoms with Crippen molar-refractivity contribution in [2.45, 2.75) is 19.4 Å². The molecule has 0 saturated heterocycles. The van der Waals surface area contributed by atoms with E-state index in [1.165, 1.54) is 5.56 Å². The molecule has 2 aliphatic heterocycles. The molecule has 2 heterocycles. The zero-order valence-corrected chi connectivity index (χ0v) is 31.3. The Balaban J connectivity index is 0.00000406. The SMILES string of the molecule is CN1C=CN(c2[c-]c(Oc3[c-]c(N4[CH-]N(C)C(C)(C)c5ccccc54)cc(-c4c(-c5ccccc5)cccc4-c4ccccc4)c3)ccc2)[CH-]1.[Pt+4]. The van der Waals surface area contributed by atoms with Crippen LogP contribution in [-0.4, -0.2) is 23.9 Å². The van der Waals surface area contributed by atoms with Gasteiger partial charge in [0, 0.05) is 22.7 Å². The van der Waals surface area contributed by atoms with Crippen LogP contribution in [0.15, 0.2) is 146 Å². The fourth-order valence-electron chi connectivity index (χ4n) is 6.76. The minimum Gasteiger partial charge on any atom is -0.510 e. The molecule has 6 heteroatoms. The first kappa shape index (κ1) is 34.4. The molecule has 6 aromatic carbocycles. The van der Waals surface area contributed by atoms with E-state index in [1.807, 2.05) is 54.1 Å². The average Bonchev–Trinajstić information content (AvgIpc) is 3.60. The molecule has 254 valence electrons. The molecule has 8 rings (SSSR count). The first-order valence-corrected chi connectivity index (χ1v) is 16.9. The predicted molar refractivity (Wildman–Crippen MR) is 204 cm³/mol. The molecule has 0 atom stereocenters. The van der Waals surface area contributed by atoms with Gasteiger partial charge in [0.2, 0.25) is 0 Å². The molecule has 2 aliphatic rings. The van der Waals surface area contributed by atoms with Crippen LogP contribution in [0.3, 0.4) is 0 Å². The van der Waals surface area contributed by atoms with E-state index in [2.05, 4.69) is 165 Å². The van der Waals surface area contributed by atoms with Gasteiger partial charge in [-0.05, 0) is 79.8 Å². The largest absolute Gasteiger partial charge is 4.00 e. The molecule has 6 aromatic rings. The van der Waals surface area contributed by atoms with Crippen LogP contribution in [0, 0.1) is 25.5 Å². The van der Waals surface area contributed by atoms with Gasteiger partial charge in [-0.1, -0.05) is 97.1 Å². The maximum absolute atomic E-state index is 6.70. The molecule has 0 spiro atoms. The molecule has 0 unspecified atom stereocenters. The Morgan fingerprint density at radius 2 is 1.22 bits per heavy atom. The van der Waals surface area contributed by atoms with Crippen molar-refractivity contribution in [3.63, 3.8) is 0 Å². The number of nitrogens with zero attached hydrogens (tertiary/aromatic N) is 4. The number of hydrogen-bond acceptors (Lipinski definition) is 5. The molecular formula is C45H38N4OPt. The van der Waals surface area contributed by atoms with E-state index in [0.29, 0.717) is 11.5 Å². The van der Waals surface area contributed by atoms with Gasteiger partial charge in [-0.15, -0.1) is 53.3 Å². The van der Waals surface area contributed by atoms with E-state index < -0.39 is 0 Å². The summed E-state index contributed by atoms with van der Waals surface area (Å²) in [5.74, 6) is 1.21. The average molecular weight is 846 g/mol. The molecule has 0 bridgehead atoms. The van der Waals surface area contributed by atoms with Crippen molar-refractivity contribution in [1.82, 2.24) is 9.80 Å². The van der Waals surface area contributed by atoms with Crippen molar-refractivity contribution in [3.8, 4) is 44.9 Å². The van der Waals surface area contributed by atoms with Gasteiger partial charge in [-0.3, -0.25) is 0 Å². The summed E-state index contributed by atoms with van der Waals surface area (Å²) in [7, 11) is 4.13. The summed E-state index contributed by atoms with van der Waals surface area (Å²) < 4.78 is 6.70. The Labute approximate surface area is 316 Å². The molecule has 0 aliphatic carbocycles. The van der Waals surface area contributed by atoms with Gasteiger partial charge in [-0.25, -0.2) is 0 Å². The van der Waals surface area contributed by atoms with Crippen LogP contribution in [0.5, 0.6) is 11.5 Å². The second-order valence-corrected chi connectivity index (χ2v) is 13.2. The quantitative estimate of drug-likeness (QED) is 0.149. The van der Waals surface area contributed by atoms with Gasteiger partial charge >= 0.3 is 21.1 Å². The van der Waals surface area contributed by atoms with E-state index in [0.717, 1.165) is 50.4 Å². The second kappa shape index (κ2) is 14.3. The molecule has 0 amide bonds. The van der Waals surface area contributed by atoms with Gasteiger partial charge in [0.25, 0.3) is 0 Å². The van der Waals surface area contributed by atoms with Crippen LogP contribution in [0.4, 0.5) is 17.1 Å². The van der Waals surface area contributed by atoms with Crippen LogP contribution >= 0.6 is 0 Å². The van der Waals surface area contributed by atoms with Crippen molar-refractivity contribution in [2.75, 3.05) is 23.9 Å². The van der Waals surface area contributed by atoms with Gasteiger partial charge in [-0.2, -0.15) is 19.4 Å². The fraction of sp³-hybridized carbons (Fsp3) is 0.111. The summed E-state index contributed by atoms with van der Waals surface area (Å²) in [6, 6.07) is 53.8. The van der Waals surface area contributed by atoms with Gasteiger partial charge in [0.05, 0.1) is 0 Å². The summed E-state index contributed by atoms with van der Waals surface area (Å²) >= 11 is 0. The zero-order valence-electron chi connectivity index (χ0n) is 29.0. The molecule has 51 heavy (non-hydrogen) atoms. The summed E-state index contributed by atoms with van der Waals surface area (Å²) in [4.78, 5) is 8.52. The molecule has 0 fully saturated rings. The number of fused-ring (bicyclic) bond motifs is 1. The fourth-order valence-corrected chi connectivity index (χ4v) is 6.76. The summed E-state index contributed by atoms with van der Waals surface area (Å²) in [5.41, 5.74) is 10.7. The van der Waals surface area contributed by atoms with Crippen LogP contribution < -0.4 is 14.5 Å². The van der Waals surface area contributed by atoms with E-state index in [9.17, 15) is 0 Å². The Morgan fingerprint density at radius 1 is 0.588 bits per heavy atom. The number of anilines is 3. The minimum atomic E-state index is -0.186. The maximum Gasteiger partial charge on any atom is 4.00 e. The first-order valence-electron chi connectivity index (χ1n) is 16.9.